The van der Waals surface area contributed by atoms with Crippen LogP contribution in [0.1, 0.15) is 40.5 Å². The smallest absolute Gasteiger partial charge is 0.407 e. The van der Waals surface area contributed by atoms with Crippen molar-refractivity contribution < 1.29 is 9.53 Å². The quantitative estimate of drug-likeness (QED) is 0.693. The van der Waals surface area contributed by atoms with E-state index in [0.717, 1.165) is 25.9 Å². The molecule has 18 heavy (non-hydrogen) atoms. The molecule has 1 amide bonds. The summed E-state index contributed by atoms with van der Waals surface area (Å²) in [5, 5.41) is 9.69. The van der Waals surface area contributed by atoms with E-state index in [1.165, 1.54) is 0 Å². The van der Waals surface area contributed by atoms with E-state index in [1.807, 2.05) is 20.8 Å². The summed E-state index contributed by atoms with van der Waals surface area (Å²) in [5.74, 6) is 0. The number of alkyl carbamates (subject to hydrolysis) is 1. The Bertz CT molecular complexity index is 257. The van der Waals surface area contributed by atoms with Crippen molar-refractivity contribution in [2.45, 2.75) is 58.2 Å². The van der Waals surface area contributed by atoms with Gasteiger partial charge >= 0.3 is 6.09 Å². The molecule has 1 fully saturated rings. The lowest BCUT2D eigenvalue weighted by molar-refractivity contribution is 0.0521. The summed E-state index contributed by atoms with van der Waals surface area (Å²) in [6.45, 7) is 10.4. The van der Waals surface area contributed by atoms with Crippen LogP contribution in [0.25, 0.3) is 0 Å². The molecule has 0 radical (unpaired) electrons. The number of hydrogen-bond donors (Lipinski definition) is 3. The van der Waals surface area contributed by atoms with Gasteiger partial charge in [0.2, 0.25) is 0 Å². The summed E-state index contributed by atoms with van der Waals surface area (Å²) >= 11 is 0. The van der Waals surface area contributed by atoms with Crippen LogP contribution in [-0.4, -0.2) is 43.4 Å². The molecule has 2 atom stereocenters. The van der Waals surface area contributed by atoms with Crippen molar-refractivity contribution in [3.63, 3.8) is 0 Å². The highest BCUT2D eigenvalue weighted by molar-refractivity contribution is 5.67. The fraction of sp³-hybridized carbons (Fsp3) is 0.923. The third-order valence-corrected chi connectivity index (χ3v) is 2.92. The van der Waals surface area contributed by atoms with Gasteiger partial charge in [0.05, 0.1) is 0 Å². The van der Waals surface area contributed by atoms with Gasteiger partial charge in [-0.15, -0.1) is 0 Å². The zero-order valence-electron chi connectivity index (χ0n) is 12.0. The molecule has 0 aromatic rings. The van der Waals surface area contributed by atoms with E-state index in [2.05, 4.69) is 22.9 Å². The fourth-order valence-electron chi connectivity index (χ4n) is 1.97. The van der Waals surface area contributed by atoms with Gasteiger partial charge in [-0.1, -0.05) is 6.92 Å². The molecule has 1 saturated heterocycles. The second kappa shape index (κ2) is 6.95. The summed E-state index contributed by atoms with van der Waals surface area (Å²) in [5.41, 5.74) is -0.436. The number of carbonyl (C=O) groups excluding carboxylic acids is 1. The van der Waals surface area contributed by atoms with Crippen molar-refractivity contribution in [2.24, 2.45) is 0 Å². The van der Waals surface area contributed by atoms with Gasteiger partial charge in [-0.25, -0.2) is 4.79 Å². The summed E-state index contributed by atoms with van der Waals surface area (Å²) < 4.78 is 5.21. The van der Waals surface area contributed by atoms with Crippen molar-refractivity contribution >= 4 is 6.09 Å². The number of hydrogen-bond acceptors (Lipinski definition) is 4. The average molecular weight is 257 g/mol. The Kier molecular flexibility index (Phi) is 5.88. The van der Waals surface area contributed by atoms with E-state index in [4.69, 9.17) is 4.74 Å². The molecule has 106 valence electrons. The molecule has 0 saturated carbocycles. The Morgan fingerprint density at radius 2 is 2.22 bits per heavy atom. The highest BCUT2D eigenvalue weighted by Crippen LogP contribution is 2.06. The maximum absolute atomic E-state index is 11.5. The van der Waals surface area contributed by atoms with Gasteiger partial charge in [0.1, 0.15) is 5.60 Å². The Hall–Kier alpha value is -0.810. The third-order valence-electron chi connectivity index (χ3n) is 2.92. The molecule has 0 aromatic heterocycles. The molecule has 0 spiro atoms. The number of carbonyl (C=O) groups is 1. The number of rotatable bonds is 5. The summed E-state index contributed by atoms with van der Waals surface area (Å²) in [4.78, 5) is 11.5. The maximum atomic E-state index is 11.5. The van der Waals surface area contributed by atoms with Crippen LogP contribution in [0.5, 0.6) is 0 Å². The lowest BCUT2D eigenvalue weighted by Crippen LogP contribution is -2.46. The third kappa shape index (κ3) is 6.21. The lowest BCUT2D eigenvalue weighted by Gasteiger charge is -2.24. The fourth-order valence-corrected chi connectivity index (χ4v) is 1.97. The highest BCUT2D eigenvalue weighted by Gasteiger charge is 2.20. The highest BCUT2D eigenvalue weighted by atomic mass is 16.6. The van der Waals surface area contributed by atoms with Crippen LogP contribution < -0.4 is 16.0 Å². The number of nitrogens with one attached hydrogen (secondary N) is 3. The van der Waals surface area contributed by atoms with E-state index < -0.39 is 5.60 Å². The van der Waals surface area contributed by atoms with Gasteiger partial charge in [-0.2, -0.15) is 0 Å². The Balaban J connectivity index is 2.23. The van der Waals surface area contributed by atoms with Gasteiger partial charge in [0, 0.05) is 25.2 Å². The van der Waals surface area contributed by atoms with Crippen LogP contribution in [0, 0.1) is 0 Å². The largest absolute Gasteiger partial charge is 0.444 e. The van der Waals surface area contributed by atoms with E-state index in [9.17, 15) is 4.79 Å². The predicted molar refractivity (Wildman–Crippen MR) is 72.7 cm³/mol. The van der Waals surface area contributed by atoms with E-state index in [0.29, 0.717) is 18.6 Å². The van der Waals surface area contributed by atoms with Crippen LogP contribution >= 0.6 is 0 Å². The first-order valence-corrected chi connectivity index (χ1v) is 6.84. The van der Waals surface area contributed by atoms with E-state index in [1.54, 1.807) is 0 Å². The topological polar surface area (TPSA) is 62.4 Å². The van der Waals surface area contributed by atoms with E-state index >= 15 is 0 Å². The van der Waals surface area contributed by atoms with Crippen molar-refractivity contribution in [1.29, 1.82) is 0 Å². The zero-order chi connectivity index (χ0) is 13.6. The Labute approximate surface area is 110 Å². The first-order chi connectivity index (χ1) is 8.40. The van der Waals surface area contributed by atoms with Gasteiger partial charge in [0.25, 0.3) is 0 Å². The van der Waals surface area contributed by atoms with Crippen LogP contribution in [0.3, 0.4) is 0 Å². The Morgan fingerprint density at radius 3 is 2.72 bits per heavy atom. The first kappa shape index (κ1) is 15.2. The molecule has 0 aliphatic carbocycles. The Morgan fingerprint density at radius 1 is 1.50 bits per heavy atom. The molecule has 3 N–H and O–H groups in total. The molecule has 1 heterocycles. The molecule has 1 aliphatic rings. The zero-order valence-corrected chi connectivity index (χ0v) is 12.0. The number of amides is 1. The van der Waals surface area contributed by atoms with Gasteiger partial charge in [-0.05, 0) is 40.2 Å². The minimum atomic E-state index is -0.436. The summed E-state index contributed by atoms with van der Waals surface area (Å²) in [6, 6.07) is 0.831. The van der Waals surface area contributed by atoms with Crippen molar-refractivity contribution in [2.75, 3.05) is 19.6 Å². The summed E-state index contributed by atoms with van der Waals surface area (Å²) in [6.07, 6.45) is 1.81. The molecule has 2 unspecified atom stereocenters. The number of ether oxygens (including phenoxy) is 1. The molecular formula is C13H27N3O2. The second-order valence-electron chi connectivity index (χ2n) is 5.84. The van der Waals surface area contributed by atoms with Crippen LogP contribution in [0.4, 0.5) is 4.79 Å². The van der Waals surface area contributed by atoms with Gasteiger partial charge in [-0.3, -0.25) is 0 Å². The van der Waals surface area contributed by atoms with Crippen LogP contribution in [0.2, 0.25) is 0 Å². The SMILES string of the molecule is CCC(CNC(=O)OC(C)(C)C)NC1CCNC1. The van der Waals surface area contributed by atoms with Gasteiger partial charge < -0.3 is 20.7 Å². The molecular weight excluding hydrogens is 230 g/mol. The predicted octanol–water partition coefficient (Wildman–Crippen LogP) is 1.24. The van der Waals surface area contributed by atoms with Gasteiger partial charge in [0.15, 0.2) is 0 Å². The van der Waals surface area contributed by atoms with Crippen molar-refractivity contribution in [3.05, 3.63) is 0 Å². The van der Waals surface area contributed by atoms with E-state index in [-0.39, 0.29) is 6.09 Å². The van der Waals surface area contributed by atoms with Crippen molar-refractivity contribution in [3.8, 4) is 0 Å². The standard InChI is InChI=1S/C13H27N3O2/c1-5-10(16-11-6-7-14-8-11)9-15-12(17)18-13(2,3)4/h10-11,14,16H,5-9H2,1-4H3,(H,15,17). The normalized spacial score (nSPS) is 21.7. The van der Waals surface area contributed by atoms with Crippen molar-refractivity contribution in [1.82, 2.24) is 16.0 Å². The second-order valence-corrected chi connectivity index (χ2v) is 5.84. The lowest BCUT2D eigenvalue weighted by atomic mass is 10.1. The molecule has 5 heteroatoms. The molecule has 0 bridgehead atoms. The molecule has 1 aliphatic heterocycles. The molecule has 1 rings (SSSR count). The van der Waals surface area contributed by atoms with Crippen LogP contribution in [0.15, 0.2) is 0 Å². The molecule has 5 nitrogen and oxygen atoms in total. The average Bonchev–Trinajstić information content (AvgIpc) is 2.74. The monoisotopic (exact) mass is 257 g/mol. The maximum Gasteiger partial charge on any atom is 0.407 e. The first-order valence-electron chi connectivity index (χ1n) is 6.84. The minimum absolute atomic E-state index is 0.308. The molecule has 0 aromatic carbocycles. The summed E-state index contributed by atoms with van der Waals surface area (Å²) in [7, 11) is 0. The van der Waals surface area contributed by atoms with Crippen LogP contribution in [-0.2, 0) is 4.74 Å². The minimum Gasteiger partial charge on any atom is -0.444 e.